The van der Waals surface area contributed by atoms with E-state index in [2.05, 4.69) is 0 Å². The van der Waals surface area contributed by atoms with Gasteiger partial charge in [0.1, 0.15) is 11.6 Å². The van der Waals surface area contributed by atoms with Gasteiger partial charge in [-0.2, -0.15) is 5.26 Å². The summed E-state index contributed by atoms with van der Waals surface area (Å²) >= 11 is 0. The van der Waals surface area contributed by atoms with E-state index in [-0.39, 0.29) is 22.5 Å². The van der Waals surface area contributed by atoms with Crippen LogP contribution in [0.1, 0.15) is 22.8 Å². The van der Waals surface area contributed by atoms with Crippen molar-refractivity contribution >= 4 is 17.2 Å². The van der Waals surface area contributed by atoms with Crippen LogP contribution >= 0.6 is 0 Å². The molecular formula is C9H7N3O3. The lowest BCUT2D eigenvalue weighted by molar-refractivity contribution is -0.385. The highest BCUT2D eigenvalue weighted by molar-refractivity contribution is 6.04. The van der Waals surface area contributed by atoms with Crippen molar-refractivity contribution in [3.05, 3.63) is 33.4 Å². The molecule has 0 radical (unpaired) electrons. The third-order valence-electron chi connectivity index (χ3n) is 1.89. The van der Waals surface area contributed by atoms with Gasteiger partial charge >= 0.3 is 0 Å². The van der Waals surface area contributed by atoms with Crippen LogP contribution in [0.25, 0.3) is 0 Å². The number of nitrogens with two attached hydrogens (primary N) is 1. The monoisotopic (exact) mass is 205 g/mol. The first-order chi connectivity index (χ1) is 6.99. The number of nitro groups is 1. The quantitative estimate of drug-likeness (QED) is 0.338. The number of carbonyl (C=O) groups excluding carboxylic acids is 1. The Morgan fingerprint density at radius 1 is 1.60 bits per heavy atom. The largest absolute Gasteiger partial charge is 0.397 e. The number of anilines is 1. The zero-order valence-electron chi connectivity index (χ0n) is 7.85. The molecule has 0 amide bonds. The first kappa shape index (κ1) is 10.7. The summed E-state index contributed by atoms with van der Waals surface area (Å²) in [6.07, 6.45) is 0. The van der Waals surface area contributed by atoms with E-state index in [4.69, 9.17) is 11.0 Å². The molecule has 0 saturated carbocycles. The maximum absolute atomic E-state index is 11.2. The van der Waals surface area contributed by atoms with Gasteiger partial charge in [-0.25, -0.2) is 0 Å². The molecule has 76 valence electrons. The van der Waals surface area contributed by atoms with E-state index in [0.29, 0.717) is 0 Å². The lowest BCUT2D eigenvalue weighted by Crippen LogP contribution is -2.06. The Bertz CT molecular complexity index is 488. The molecule has 1 rings (SSSR count). The van der Waals surface area contributed by atoms with Crippen molar-refractivity contribution in [1.82, 2.24) is 0 Å². The Labute approximate surface area is 85.1 Å². The van der Waals surface area contributed by atoms with Gasteiger partial charge in [0.25, 0.3) is 5.69 Å². The van der Waals surface area contributed by atoms with Crippen LogP contribution in [-0.2, 0) is 0 Å². The SMILES string of the molecule is CC(=O)c1c([N+](=O)[O-])ccc(C#N)c1N. The summed E-state index contributed by atoms with van der Waals surface area (Å²) in [5.41, 5.74) is 4.82. The van der Waals surface area contributed by atoms with Crippen LogP contribution in [0.3, 0.4) is 0 Å². The maximum Gasteiger partial charge on any atom is 0.282 e. The third-order valence-corrected chi connectivity index (χ3v) is 1.89. The van der Waals surface area contributed by atoms with Crippen molar-refractivity contribution in [3.8, 4) is 6.07 Å². The third kappa shape index (κ3) is 1.76. The van der Waals surface area contributed by atoms with Crippen LogP contribution in [0.2, 0.25) is 0 Å². The Kier molecular flexibility index (Phi) is 2.67. The van der Waals surface area contributed by atoms with Crippen LogP contribution in [0.4, 0.5) is 11.4 Å². The van der Waals surface area contributed by atoms with Crippen molar-refractivity contribution in [2.75, 3.05) is 5.73 Å². The number of hydrogen-bond acceptors (Lipinski definition) is 5. The Morgan fingerprint density at radius 3 is 2.60 bits per heavy atom. The number of Topliss-reactive ketones (excluding diaryl/α,β-unsaturated/α-hetero) is 1. The predicted molar refractivity (Wildman–Crippen MR) is 52.2 cm³/mol. The first-order valence-electron chi connectivity index (χ1n) is 3.97. The smallest absolute Gasteiger partial charge is 0.282 e. The zero-order valence-corrected chi connectivity index (χ0v) is 7.85. The number of nitro benzene ring substituents is 1. The van der Waals surface area contributed by atoms with Gasteiger partial charge in [0.05, 0.1) is 16.2 Å². The highest BCUT2D eigenvalue weighted by atomic mass is 16.6. The van der Waals surface area contributed by atoms with Crippen LogP contribution in [-0.4, -0.2) is 10.7 Å². The Hall–Kier alpha value is -2.42. The molecule has 1 aromatic rings. The summed E-state index contributed by atoms with van der Waals surface area (Å²) in [5, 5.41) is 19.2. The second kappa shape index (κ2) is 3.75. The van der Waals surface area contributed by atoms with Crippen LogP contribution in [0.15, 0.2) is 12.1 Å². The first-order valence-corrected chi connectivity index (χ1v) is 3.97. The normalized spacial score (nSPS) is 9.33. The molecule has 0 aliphatic carbocycles. The fourth-order valence-corrected chi connectivity index (χ4v) is 1.23. The summed E-state index contributed by atoms with van der Waals surface area (Å²) in [5.74, 6) is -0.531. The molecule has 0 aliphatic heterocycles. The van der Waals surface area contributed by atoms with Crippen LogP contribution in [0.5, 0.6) is 0 Å². The van der Waals surface area contributed by atoms with Gasteiger partial charge in [-0.3, -0.25) is 14.9 Å². The molecule has 0 fully saturated rings. The predicted octanol–water partition coefficient (Wildman–Crippen LogP) is 1.25. The molecule has 0 aliphatic rings. The van der Waals surface area contributed by atoms with Gasteiger partial charge < -0.3 is 5.73 Å². The minimum absolute atomic E-state index is 0.0609. The van der Waals surface area contributed by atoms with Gasteiger partial charge in [0.15, 0.2) is 5.78 Å². The molecular weight excluding hydrogens is 198 g/mol. The standard InChI is InChI=1S/C9H7N3O3/c1-5(13)8-7(12(14)15)3-2-6(4-10)9(8)11/h2-3H,11H2,1H3. The average Bonchev–Trinajstić information content (AvgIpc) is 2.16. The Morgan fingerprint density at radius 2 is 2.20 bits per heavy atom. The highest BCUT2D eigenvalue weighted by Crippen LogP contribution is 2.27. The summed E-state index contributed by atoms with van der Waals surface area (Å²) in [4.78, 5) is 21.1. The highest BCUT2D eigenvalue weighted by Gasteiger charge is 2.22. The number of nitrogen functional groups attached to an aromatic ring is 1. The van der Waals surface area contributed by atoms with Crippen molar-refractivity contribution in [2.45, 2.75) is 6.92 Å². The van der Waals surface area contributed by atoms with E-state index in [9.17, 15) is 14.9 Å². The minimum Gasteiger partial charge on any atom is -0.397 e. The van der Waals surface area contributed by atoms with Crippen molar-refractivity contribution < 1.29 is 9.72 Å². The number of carbonyl (C=O) groups is 1. The molecule has 0 bridgehead atoms. The average molecular weight is 205 g/mol. The van der Waals surface area contributed by atoms with E-state index in [1.165, 1.54) is 13.0 Å². The summed E-state index contributed by atoms with van der Waals surface area (Å²) < 4.78 is 0. The number of hydrogen-bond donors (Lipinski definition) is 1. The number of ketones is 1. The number of nitrogens with zero attached hydrogens (tertiary/aromatic N) is 2. The molecule has 0 heterocycles. The van der Waals surface area contributed by atoms with Crippen molar-refractivity contribution in [3.63, 3.8) is 0 Å². The second-order valence-electron chi connectivity index (χ2n) is 2.85. The molecule has 15 heavy (non-hydrogen) atoms. The van der Waals surface area contributed by atoms with Crippen molar-refractivity contribution in [1.29, 1.82) is 5.26 Å². The van der Waals surface area contributed by atoms with Crippen molar-refractivity contribution in [2.24, 2.45) is 0 Å². The van der Waals surface area contributed by atoms with Gasteiger partial charge in [0, 0.05) is 6.07 Å². The molecule has 0 saturated heterocycles. The molecule has 6 nitrogen and oxygen atoms in total. The van der Waals surface area contributed by atoms with Gasteiger partial charge in [-0.1, -0.05) is 0 Å². The van der Waals surface area contributed by atoms with E-state index in [0.717, 1.165) is 6.07 Å². The summed E-state index contributed by atoms with van der Waals surface area (Å²) in [7, 11) is 0. The fraction of sp³-hybridized carbons (Fsp3) is 0.111. The fourth-order valence-electron chi connectivity index (χ4n) is 1.23. The Balaban J connectivity index is 3.60. The van der Waals surface area contributed by atoms with E-state index in [1.54, 1.807) is 6.07 Å². The van der Waals surface area contributed by atoms with E-state index < -0.39 is 10.7 Å². The topological polar surface area (TPSA) is 110 Å². The molecule has 1 aromatic carbocycles. The minimum atomic E-state index is -0.700. The number of rotatable bonds is 2. The number of nitriles is 1. The summed E-state index contributed by atoms with van der Waals surface area (Å²) in [6.45, 7) is 1.17. The molecule has 0 spiro atoms. The van der Waals surface area contributed by atoms with E-state index >= 15 is 0 Å². The van der Waals surface area contributed by atoms with E-state index in [1.807, 2.05) is 0 Å². The number of benzene rings is 1. The van der Waals surface area contributed by atoms with Gasteiger partial charge in [0.2, 0.25) is 0 Å². The van der Waals surface area contributed by atoms with Crippen LogP contribution < -0.4 is 5.73 Å². The van der Waals surface area contributed by atoms with Gasteiger partial charge in [-0.15, -0.1) is 0 Å². The lowest BCUT2D eigenvalue weighted by Gasteiger charge is -2.04. The molecule has 2 N–H and O–H groups in total. The molecule has 0 unspecified atom stereocenters. The lowest BCUT2D eigenvalue weighted by atomic mass is 10.0. The van der Waals surface area contributed by atoms with Crippen LogP contribution in [0, 0.1) is 21.4 Å². The molecule has 0 aromatic heterocycles. The molecule has 0 atom stereocenters. The summed E-state index contributed by atoms with van der Waals surface area (Å²) in [6, 6.07) is 4.08. The molecule has 6 heteroatoms. The zero-order chi connectivity index (χ0) is 11.6. The maximum atomic E-state index is 11.2. The second-order valence-corrected chi connectivity index (χ2v) is 2.85. The van der Waals surface area contributed by atoms with Gasteiger partial charge in [-0.05, 0) is 13.0 Å².